The smallest absolute Gasteiger partial charge is 0.326 e. The Balaban J connectivity index is 2.91. The molecule has 92 valence electrons. The van der Waals surface area contributed by atoms with Crippen LogP contribution < -0.4 is 5.32 Å². The number of hydrogen-bond donors (Lipinski definition) is 2. The molecule has 0 heterocycles. The molecule has 0 bridgehead atoms. The van der Waals surface area contributed by atoms with Gasteiger partial charge in [-0.1, -0.05) is 19.1 Å². The number of carbonyl (C=O) groups excluding carboxylic acids is 1. The van der Waals surface area contributed by atoms with E-state index in [9.17, 15) is 14.0 Å². The Bertz CT molecular complexity index is 416. The summed E-state index contributed by atoms with van der Waals surface area (Å²) < 4.78 is 12.7. The van der Waals surface area contributed by atoms with Crippen LogP contribution in [0.4, 0.5) is 4.39 Å². The number of nitrogens with one attached hydrogen (secondary N) is 1. The van der Waals surface area contributed by atoms with Crippen LogP contribution in [0.25, 0.3) is 0 Å². The summed E-state index contributed by atoms with van der Waals surface area (Å²) in [5.74, 6) is -2.34. The highest BCUT2D eigenvalue weighted by Gasteiger charge is 2.26. The van der Waals surface area contributed by atoms with Crippen molar-refractivity contribution in [3.8, 4) is 0 Å². The van der Waals surface area contributed by atoms with Crippen molar-refractivity contribution in [2.75, 3.05) is 0 Å². The maximum absolute atomic E-state index is 12.7. The molecule has 0 spiro atoms. The number of halogens is 1. The largest absolute Gasteiger partial charge is 0.480 e. The van der Waals surface area contributed by atoms with Crippen molar-refractivity contribution < 1.29 is 19.1 Å². The van der Waals surface area contributed by atoms with Gasteiger partial charge >= 0.3 is 5.97 Å². The third-order valence-electron chi connectivity index (χ3n) is 2.52. The molecule has 0 fully saturated rings. The lowest BCUT2D eigenvalue weighted by molar-refractivity contribution is -0.142. The fraction of sp³-hybridized carbons (Fsp3) is 0.333. The minimum absolute atomic E-state index is 0.382. The van der Waals surface area contributed by atoms with Gasteiger partial charge in [-0.3, -0.25) is 4.79 Å². The first kappa shape index (κ1) is 13.2. The summed E-state index contributed by atoms with van der Waals surface area (Å²) in [6.07, 6.45) is 0. The Morgan fingerprint density at radius 3 is 2.24 bits per heavy atom. The summed E-state index contributed by atoms with van der Waals surface area (Å²) in [7, 11) is 0. The van der Waals surface area contributed by atoms with Gasteiger partial charge in [-0.15, -0.1) is 0 Å². The van der Waals surface area contributed by atoms with Gasteiger partial charge in [0.2, 0.25) is 5.91 Å². The van der Waals surface area contributed by atoms with Crippen molar-refractivity contribution >= 4 is 11.9 Å². The molecule has 1 rings (SSSR count). The SMILES string of the molecule is CC(=O)N[C@@H](C(=O)O)[C@@H](C)c1ccc(F)cc1. The molecular formula is C12H14FNO3. The summed E-state index contributed by atoms with van der Waals surface area (Å²) in [5, 5.41) is 11.4. The van der Waals surface area contributed by atoms with Crippen LogP contribution in [0.1, 0.15) is 25.3 Å². The minimum Gasteiger partial charge on any atom is -0.480 e. The summed E-state index contributed by atoms with van der Waals surface area (Å²) in [5.41, 5.74) is 0.660. The fourth-order valence-electron chi connectivity index (χ4n) is 1.58. The van der Waals surface area contributed by atoms with Crippen molar-refractivity contribution in [1.82, 2.24) is 5.32 Å². The van der Waals surface area contributed by atoms with Crippen LogP contribution >= 0.6 is 0 Å². The highest BCUT2D eigenvalue weighted by Crippen LogP contribution is 2.19. The van der Waals surface area contributed by atoms with Crippen LogP contribution in [0.5, 0.6) is 0 Å². The highest BCUT2D eigenvalue weighted by atomic mass is 19.1. The number of carbonyl (C=O) groups is 2. The van der Waals surface area contributed by atoms with Crippen molar-refractivity contribution in [2.24, 2.45) is 0 Å². The van der Waals surface area contributed by atoms with E-state index in [0.717, 1.165) is 0 Å². The lowest BCUT2D eigenvalue weighted by atomic mass is 9.93. The molecular weight excluding hydrogens is 225 g/mol. The second kappa shape index (κ2) is 5.43. The Labute approximate surface area is 98.5 Å². The normalized spacial score (nSPS) is 13.8. The number of rotatable bonds is 4. The Morgan fingerprint density at radius 1 is 1.29 bits per heavy atom. The van der Waals surface area contributed by atoms with E-state index in [1.807, 2.05) is 0 Å². The third kappa shape index (κ3) is 3.55. The third-order valence-corrected chi connectivity index (χ3v) is 2.52. The van der Waals surface area contributed by atoms with E-state index in [2.05, 4.69) is 5.32 Å². The van der Waals surface area contributed by atoms with Crippen LogP contribution in [-0.4, -0.2) is 23.0 Å². The predicted molar refractivity (Wildman–Crippen MR) is 60.1 cm³/mol. The van der Waals surface area contributed by atoms with Crippen molar-refractivity contribution in [2.45, 2.75) is 25.8 Å². The molecule has 17 heavy (non-hydrogen) atoms. The van der Waals surface area contributed by atoms with E-state index < -0.39 is 23.8 Å². The molecule has 1 aromatic carbocycles. The molecule has 1 aromatic rings. The van der Waals surface area contributed by atoms with Gasteiger partial charge in [-0.2, -0.15) is 0 Å². The van der Waals surface area contributed by atoms with Crippen molar-refractivity contribution in [3.63, 3.8) is 0 Å². The van der Waals surface area contributed by atoms with E-state index >= 15 is 0 Å². The Hall–Kier alpha value is -1.91. The molecule has 2 N–H and O–H groups in total. The average Bonchev–Trinajstić information content (AvgIpc) is 2.25. The molecule has 0 aliphatic rings. The zero-order chi connectivity index (χ0) is 13.0. The van der Waals surface area contributed by atoms with Gasteiger partial charge in [-0.25, -0.2) is 9.18 Å². The van der Waals surface area contributed by atoms with Gasteiger partial charge in [0.25, 0.3) is 0 Å². The summed E-state index contributed by atoms with van der Waals surface area (Å²) >= 11 is 0. The van der Waals surface area contributed by atoms with Gasteiger partial charge in [0.15, 0.2) is 0 Å². The first-order valence-electron chi connectivity index (χ1n) is 5.17. The van der Waals surface area contributed by atoms with Crippen LogP contribution in [0, 0.1) is 5.82 Å². The number of hydrogen-bond acceptors (Lipinski definition) is 2. The van der Waals surface area contributed by atoms with E-state index in [1.54, 1.807) is 6.92 Å². The quantitative estimate of drug-likeness (QED) is 0.837. The molecule has 0 unspecified atom stereocenters. The second-order valence-electron chi connectivity index (χ2n) is 3.86. The molecule has 1 amide bonds. The van der Waals surface area contributed by atoms with Gasteiger partial charge in [-0.05, 0) is 17.7 Å². The van der Waals surface area contributed by atoms with Crippen LogP contribution in [0.3, 0.4) is 0 Å². The number of aliphatic carboxylic acids is 1. The number of carboxylic acid groups (broad SMARTS) is 1. The first-order valence-corrected chi connectivity index (χ1v) is 5.17. The van der Waals surface area contributed by atoms with E-state index in [0.29, 0.717) is 5.56 Å². The van der Waals surface area contributed by atoms with Gasteiger partial charge in [0.1, 0.15) is 11.9 Å². The zero-order valence-corrected chi connectivity index (χ0v) is 9.61. The maximum Gasteiger partial charge on any atom is 0.326 e. The topological polar surface area (TPSA) is 66.4 Å². The average molecular weight is 239 g/mol. The first-order chi connectivity index (χ1) is 7.91. The Kier molecular flexibility index (Phi) is 4.20. The fourth-order valence-corrected chi connectivity index (χ4v) is 1.58. The van der Waals surface area contributed by atoms with Crippen LogP contribution in [-0.2, 0) is 9.59 Å². The second-order valence-corrected chi connectivity index (χ2v) is 3.86. The molecule has 0 aliphatic heterocycles. The van der Waals surface area contributed by atoms with Crippen molar-refractivity contribution in [3.05, 3.63) is 35.6 Å². The maximum atomic E-state index is 12.7. The molecule has 2 atom stereocenters. The minimum atomic E-state index is -1.11. The van der Waals surface area contributed by atoms with Crippen molar-refractivity contribution in [1.29, 1.82) is 0 Å². The summed E-state index contributed by atoms with van der Waals surface area (Å²) in [6.45, 7) is 2.93. The zero-order valence-electron chi connectivity index (χ0n) is 9.61. The molecule has 4 nitrogen and oxygen atoms in total. The molecule has 0 saturated heterocycles. The highest BCUT2D eigenvalue weighted by molar-refractivity contribution is 5.83. The van der Waals surface area contributed by atoms with Gasteiger partial charge in [0, 0.05) is 12.8 Å². The number of amides is 1. The number of benzene rings is 1. The summed E-state index contributed by atoms with van der Waals surface area (Å²) in [6, 6.07) is 4.53. The Morgan fingerprint density at radius 2 is 1.82 bits per heavy atom. The molecule has 0 aromatic heterocycles. The van der Waals surface area contributed by atoms with E-state index in [1.165, 1.54) is 31.2 Å². The molecule has 0 radical (unpaired) electrons. The lowest BCUT2D eigenvalue weighted by Crippen LogP contribution is -2.43. The lowest BCUT2D eigenvalue weighted by Gasteiger charge is -2.21. The summed E-state index contributed by atoms with van der Waals surface area (Å²) in [4.78, 5) is 21.9. The van der Waals surface area contributed by atoms with Crippen LogP contribution in [0.2, 0.25) is 0 Å². The molecule has 0 saturated carbocycles. The monoisotopic (exact) mass is 239 g/mol. The molecule has 5 heteroatoms. The standard InChI is InChI=1S/C12H14FNO3/c1-7(9-3-5-10(13)6-4-9)11(12(16)17)14-8(2)15/h3-7,11H,1-2H3,(H,14,15)(H,16,17)/t7-,11+/m0/s1. The molecule has 0 aliphatic carbocycles. The van der Waals surface area contributed by atoms with Gasteiger partial charge < -0.3 is 10.4 Å². The van der Waals surface area contributed by atoms with E-state index in [4.69, 9.17) is 5.11 Å². The van der Waals surface area contributed by atoms with Crippen LogP contribution in [0.15, 0.2) is 24.3 Å². The predicted octanol–water partition coefficient (Wildman–Crippen LogP) is 1.52. The number of carboxylic acids is 1. The van der Waals surface area contributed by atoms with Gasteiger partial charge in [0.05, 0.1) is 0 Å². The van der Waals surface area contributed by atoms with E-state index in [-0.39, 0.29) is 5.82 Å².